The highest BCUT2D eigenvalue weighted by atomic mass is 35.5. The molecule has 2 aliphatic heterocycles. The summed E-state index contributed by atoms with van der Waals surface area (Å²) in [5.74, 6) is 0.258. The Morgan fingerprint density at radius 1 is 1.15 bits per heavy atom. The van der Waals surface area contributed by atoms with Crippen LogP contribution in [0, 0.1) is 0 Å². The van der Waals surface area contributed by atoms with Crippen molar-refractivity contribution in [1.29, 1.82) is 0 Å². The molecule has 2 aromatic carbocycles. The molecule has 0 saturated heterocycles. The topological polar surface area (TPSA) is 76.7 Å². The molecule has 0 spiro atoms. The van der Waals surface area contributed by atoms with Gasteiger partial charge in [-0.2, -0.15) is 0 Å². The first-order valence-electron chi connectivity index (χ1n) is 8.10. The van der Waals surface area contributed by atoms with Gasteiger partial charge in [-0.15, -0.1) is 0 Å². The lowest BCUT2D eigenvalue weighted by Crippen LogP contribution is -2.33. The van der Waals surface area contributed by atoms with Gasteiger partial charge < -0.3 is 20.1 Å². The maximum atomic E-state index is 12.5. The van der Waals surface area contributed by atoms with Crippen LogP contribution in [0.1, 0.15) is 17.2 Å². The van der Waals surface area contributed by atoms with Crippen LogP contribution >= 0.6 is 34.8 Å². The molecule has 0 bridgehead atoms. The predicted molar refractivity (Wildman–Crippen MR) is 102 cm³/mol. The van der Waals surface area contributed by atoms with E-state index in [1.165, 1.54) is 0 Å². The highest BCUT2D eigenvalue weighted by Crippen LogP contribution is 2.41. The number of fused-ring (bicyclic) bond motifs is 2. The third kappa shape index (κ3) is 3.40. The standard InChI is InChI=1S/C18H13Cl3N2O4/c19-10-2-1-9-15(14(10)21)23-18(25)16(9)22-13(24)7-8-5-11(20)17-12(6-8)26-3-4-27-17/h1-2,5-6,16H,3-4,7H2,(H,22,24)(H,23,25). The van der Waals surface area contributed by atoms with Gasteiger partial charge in [0.05, 0.1) is 27.2 Å². The zero-order valence-electron chi connectivity index (χ0n) is 13.8. The highest BCUT2D eigenvalue weighted by Gasteiger charge is 2.34. The number of rotatable bonds is 3. The minimum absolute atomic E-state index is 0.0246. The summed E-state index contributed by atoms with van der Waals surface area (Å²) in [6.07, 6.45) is 0.0246. The molecular formula is C18H13Cl3N2O4. The van der Waals surface area contributed by atoms with Crippen molar-refractivity contribution in [2.24, 2.45) is 0 Å². The normalized spacial score (nSPS) is 17.3. The van der Waals surface area contributed by atoms with E-state index in [0.717, 1.165) is 0 Å². The zero-order valence-corrected chi connectivity index (χ0v) is 16.0. The highest BCUT2D eigenvalue weighted by molar-refractivity contribution is 6.44. The van der Waals surface area contributed by atoms with Crippen LogP contribution in [0.5, 0.6) is 11.5 Å². The summed E-state index contributed by atoms with van der Waals surface area (Å²) in [6.45, 7) is 0.844. The number of halogens is 3. The number of amides is 2. The van der Waals surface area contributed by atoms with Gasteiger partial charge in [-0.1, -0.05) is 40.9 Å². The van der Waals surface area contributed by atoms with Gasteiger partial charge in [0.15, 0.2) is 11.5 Å². The van der Waals surface area contributed by atoms with E-state index >= 15 is 0 Å². The number of hydrogen-bond acceptors (Lipinski definition) is 4. The predicted octanol–water partition coefficient (Wildman–Crippen LogP) is 3.77. The van der Waals surface area contributed by atoms with E-state index in [1.54, 1.807) is 24.3 Å². The summed E-state index contributed by atoms with van der Waals surface area (Å²) in [5.41, 5.74) is 1.64. The first-order chi connectivity index (χ1) is 12.9. The van der Waals surface area contributed by atoms with Gasteiger partial charge in [-0.25, -0.2) is 0 Å². The Morgan fingerprint density at radius 3 is 2.74 bits per heavy atom. The van der Waals surface area contributed by atoms with Crippen molar-refractivity contribution in [3.05, 3.63) is 50.5 Å². The summed E-state index contributed by atoms with van der Waals surface area (Å²) in [4.78, 5) is 24.7. The largest absolute Gasteiger partial charge is 0.486 e. The number of carbonyl (C=O) groups excluding carboxylic acids is 2. The maximum absolute atomic E-state index is 12.5. The van der Waals surface area contributed by atoms with Gasteiger partial charge >= 0.3 is 0 Å². The lowest BCUT2D eigenvalue weighted by atomic mass is 10.1. The Balaban J connectivity index is 1.52. The first kappa shape index (κ1) is 18.2. The van der Waals surface area contributed by atoms with E-state index in [-0.39, 0.29) is 23.3 Å². The van der Waals surface area contributed by atoms with Gasteiger partial charge in [0, 0.05) is 5.56 Å². The Kier molecular flexibility index (Phi) is 4.80. The van der Waals surface area contributed by atoms with E-state index in [4.69, 9.17) is 44.3 Å². The Morgan fingerprint density at radius 2 is 1.93 bits per heavy atom. The fourth-order valence-corrected chi connectivity index (χ4v) is 3.74. The fraction of sp³-hybridized carbons (Fsp3) is 0.222. The van der Waals surface area contributed by atoms with Crippen LogP contribution in [-0.2, 0) is 16.0 Å². The van der Waals surface area contributed by atoms with Gasteiger partial charge in [0.25, 0.3) is 5.91 Å². The summed E-state index contributed by atoms with van der Waals surface area (Å²) in [7, 11) is 0. The average molecular weight is 428 g/mol. The lowest BCUT2D eigenvalue weighted by molar-refractivity contribution is -0.125. The second-order valence-corrected chi connectivity index (χ2v) is 7.29. The van der Waals surface area contributed by atoms with Gasteiger partial charge in [0.1, 0.15) is 19.3 Å². The molecule has 0 radical (unpaired) electrons. The van der Waals surface area contributed by atoms with Crippen molar-refractivity contribution in [3.8, 4) is 11.5 Å². The Labute approximate surface area is 169 Å². The van der Waals surface area contributed by atoms with Gasteiger partial charge in [-0.3, -0.25) is 9.59 Å². The van der Waals surface area contributed by atoms with E-state index in [0.29, 0.717) is 51.6 Å². The van der Waals surface area contributed by atoms with Crippen LogP contribution in [0.15, 0.2) is 24.3 Å². The molecule has 2 amide bonds. The number of nitrogens with one attached hydrogen (secondary N) is 2. The third-order valence-electron chi connectivity index (χ3n) is 4.28. The van der Waals surface area contributed by atoms with Crippen molar-refractivity contribution in [2.75, 3.05) is 18.5 Å². The average Bonchev–Trinajstić information content (AvgIpc) is 2.95. The van der Waals surface area contributed by atoms with Crippen molar-refractivity contribution >= 4 is 52.3 Å². The molecule has 4 rings (SSSR count). The molecule has 0 saturated carbocycles. The molecular weight excluding hydrogens is 415 g/mol. The van der Waals surface area contributed by atoms with Crippen LogP contribution in [0.25, 0.3) is 0 Å². The molecule has 0 aromatic heterocycles. The maximum Gasteiger partial charge on any atom is 0.251 e. The number of ether oxygens (including phenoxy) is 2. The number of benzene rings is 2. The van der Waals surface area contributed by atoms with Crippen LogP contribution in [-0.4, -0.2) is 25.0 Å². The number of anilines is 1. The quantitative estimate of drug-likeness (QED) is 0.782. The van der Waals surface area contributed by atoms with Crippen molar-refractivity contribution in [1.82, 2.24) is 5.32 Å². The van der Waals surface area contributed by atoms with E-state index < -0.39 is 6.04 Å². The molecule has 140 valence electrons. The van der Waals surface area contributed by atoms with Gasteiger partial charge in [0.2, 0.25) is 5.91 Å². The monoisotopic (exact) mass is 426 g/mol. The van der Waals surface area contributed by atoms with Crippen molar-refractivity contribution in [3.63, 3.8) is 0 Å². The van der Waals surface area contributed by atoms with E-state index in [1.807, 2.05) is 0 Å². The molecule has 1 unspecified atom stereocenters. The first-order valence-corrected chi connectivity index (χ1v) is 9.23. The van der Waals surface area contributed by atoms with Crippen LogP contribution in [0.4, 0.5) is 5.69 Å². The Bertz CT molecular complexity index is 964. The number of carbonyl (C=O) groups is 2. The molecule has 9 heteroatoms. The third-order valence-corrected chi connectivity index (χ3v) is 5.36. The molecule has 0 fully saturated rings. The Hall–Kier alpha value is -2.15. The SMILES string of the molecule is O=C(Cc1cc(Cl)c2c(c1)OCCO2)NC1C(=O)Nc2c1ccc(Cl)c2Cl. The van der Waals surface area contributed by atoms with Crippen LogP contribution in [0.3, 0.4) is 0 Å². The van der Waals surface area contributed by atoms with Crippen LogP contribution < -0.4 is 20.1 Å². The molecule has 2 aliphatic rings. The summed E-state index contributed by atoms with van der Waals surface area (Å²) >= 11 is 18.3. The minimum Gasteiger partial charge on any atom is -0.486 e. The molecule has 2 aromatic rings. The summed E-state index contributed by atoms with van der Waals surface area (Å²) < 4.78 is 11.0. The molecule has 6 nitrogen and oxygen atoms in total. The molecule has 2 N–H and O–H groups in total. The molecule has 27 heavy (non-hydrogen) atoms. The van der Waals surface area contributed by atoms with Crippen molar-refractivity contribution in [2.45, 2.75) is 12.5 Å². The van der Waals surface area contributed by atoms with E-state index in [9.17, 15) is 9.59 Å². The lowest BCUT2D eigenvalue weighted by Gasteiger charge is -2.20. The fourth-order valence-electron chi connectivity index (χ4n) is 3.08. The van der Waals surface area contributed by atoms with Gasteiger partial charge in [-0.05, 0) is 23.8 Å². The molecule has 2 heterocycles. The molecule has 0 aliphatic carbocycles. The minimum atomic E-state index is -0.838. The second-order valence-electron chi connectivity index (χ2n) is 6.09. The molecule has 1 atom stereocenters. The van der Waals surface area contributed by atoms with E-state index in [2.05, 4.69) is 10.6 Å². The van der Waals surface area contributed by atoms with Crippen LogP contribution in [0.2, 0.25) is 15.1 Å². The smallest absolute Gasteiger partial charge is 0.251 e. The number of hydrogen-bond donors (Lipinski definition) is 2. The van der Waals surface area contributed by atoms with Crippen molar-refractivity contribution < 1.29 is 19.1 Å². The second kappa shape index (κ2) is 7.11. The summed E-state index contributed by atoms with van der Waals surface area (Å²) in [5, 5.41) is 6.31. The summed E-state index contributed by atoms with van der Waals surface area (Å²) in [6, 6.07) is 5.76. The zero-order chi connectivity index (χ0) is 19.1.